The fraction of sp³-hybridized carbons (Fsp3) is 0. The highest BCUT2D eigenvalue weighted by Gasteiger charge is 2.19. The van der Waals surface area contributed by atoms with Crippen molar-refractivity contribution < 1.29 is 0 Å². The van der Waals surface area contributed by atoms with Gasteiger partial charge in [0.05, 0.1) is 5.92 Å². The second-order valence-corrected chi connectivity index (χ2v) is 8.06. The minimum Gasteiger partial charge on any atom is -0.0616 e. The average Bonchev–Trinajstić information content (AvgIpc) is 2.84. The number of rotatable bonds is 3. The number of hydrogen-bond acceptors (Lipinski definition) is 0. The summed E-state index contributed by atoms with van der Waals surface area (Å²) in [5, 5.41) is 7.59. The Kier molecular flexibility index (Phi) is 4.28. The molecule has 6 aromatic rings. The van der Waals surface area contributed by atoms with Crippen LogP contribution in [0.4, 0.5) is 0 Å². The van der Waals surface area contributed by atoms with Crippen molar-refractivity contribution in [2.24, 2.45) is 0 Å². The van der Waals surface area contributed by atoms with E-state index in [9.17, 15) is 0 Å². The van der Waals surface area contributed by atoms with Gasteiger partial charge in [0.2, 0.25) is 0 Å². The SMILES string of the molecule is c1ccc2cc([C](c3ccc4ccccc4c3)c3ccc4ccccc4c3)ccc2c1. The maximum atomic E-state index is 2.31. The largest absolute Gasteiger partial charge is 0.0629 e. The van der Waals surface area contributed by atoms with Crippen LogP contribution < -0.4 is 0 Å². The van der Waals surface area contributed by atoms with Crippen LogP contribution in [0.2, 0.25) is 0 Å². The lowest BCUT2D eigenvalue weighted by molar-refractivity contribution is 1.25. The zero-order chi connectivity index (χ0) is 20.6. The molecule has 6 rings (SSSR count). The van der Waals surface area contributed by atoms with Crippen molar-refractivity contribution in [1.29, 1.82) is 0 Å². The van der Waals surface area contributed by atoms with Gasteiger partial charge in [-0.3, -0.25) is 0 Å². The van der Waals surface area contributed by atoms with Crippen molar-refractivity contribution in [3.05, 3.63) is 150 Å². The topological polar surface area (TPSA) is 0 Å². The summed E-state index contributed by atoms with van der Waals surface area (Å²) in [4.78, 5) is 0. The Morgan fingerprint density at radius 2 is 0.581 bits per heavy atom. The van der Waals surface area contributed by atoms with Gasteiger partial charge in [-0.25, -0.2) is 0 Å². The summed E-state index contributed by atoms with van der Waals surface area (Å²) in [6, 6.07) is 46.1. The van der Waals surface area contributed by atoms with Gasteiger partial charge in [-0.15, -0.1) is 0 Å². The van der Waals surface area contributed by atoms with E-state index in [2.05, 4.69) is 127 Å². The van der Waals surface area contributed by atoms with Gasteiger partial charge in [-0.1, -0.05) is 109 Å². The Hall–Kier alpha value is -3.90. The smallest absolute Gasteiger partial charge is 0.0616 e. The van der Waals surface area contributed by atoms with Crippen molar-refractivity contribution in [3.8, 4) is 0 Å². The van der Waals surface area contributed by atoms with Crippen LogP contribution in [0.25, 0.3) is 32.3 Å². The van der Waals surface area contributed by atoms with E-state index in [1.165, 1.54) is 54.9 Å². The lowest BCUT2D eigenvalue weighted by Crippen LogP contribution is -2.05. The second-order valence-electron chi connectivity index (χ2n) is 8.06. The molecule has 0 saturated carbocycles. The third kappa shape index (κ3) is 3.27. The molecule has 31 heavy (non-hydrogen) atoms. The fourth-order valence-corrected chi connectivity index (χ4v) is 4.53. The molecule has 0 aromatic heterocycles. The predicted molar refractivity (Wildman–Crippen MR) is 132 cm³/mol. The number of hydrogen-bond donors (Lipinski definition) is 0. The van der Waals surface area contributed by atoms with Crippen molar-refractivity contribution >= 4 is 32.3 Å². The van der Waals surface area contributed by atoms with Crippen LogP contribution >= 0.6 is 0 Å². The van der Waals surface area contributed by atoms with Gasteiger partial charge >= 0.3 is 0 Å². The standard InChI is InChI=1S/C31H21/c1-4-10-25-19-28(16-13-22(25)7-1)31(29-17-14-23-8-2-5-11-26(23)20-29)30-18-15-24-9-3-6-12-27(24)21-30/h1-21H. The van der Waals surface area contributed by atoms with E-state index in [0.717, 1.165) is 0 Å². The molecule has 0 heteroatoms. The van der Waals surface area contributed by atoms with E-state index in [1.54, 1.807) is 0 Å². The summed E-state index contributed by atoms with van der Waals surface area (Å²) >= 11 is 0. The highest BCUT2D eigenvalue weighted by atomic mass is 14.2. The Labute approximate surface area is 182 Å². The first-order valence-electron chi connectivity index (χ1n) is 10.7. The van der Waals surface area contributed by atoms with Crippen LogP contribution in [0, 0.1) is 5.92 Å². The molecule has 145 valence electrons. The van der Waals surface area contributed by atoms with Crippen molar-refractivity contribution in [2.75, 3.05) is 0 Å². The van der Waals surface area contributed by atoms with Crippen LogP contribution in [-0.2, 0) is 0 Å². The van der Waals surface area contributed by atoms with E-state index in [1.807, 2.05) is 0 Å². The molecule has 0 saturated heterocycles. The van der Waals surface area contributed by atoms with E-state index in [0.29, 0.717) is 0 Å². The Balaban J connectivity index is 1.59. The molecule has 0 bridgehead atoms. The molecule has 0 aliphatic rings. The fourth-order valence-electron chi connectivity index (χ4n) is 4.53. The summed E-state index contributed by atoms with van der Waals surface area (Å²) < 4.78 is 0. The minimum absolute atomic E-state index is 1.24. The Morgan fingerprint density at radius 1 is 0.290 bits per heavy atom. The highest BCUT2D eigenvalue weighted by molar-refractivity contribution is 5.88. The monoisotopic (exact) mass is 393 g/mol. The third-order valence-electron chi connectivity index (χ3n) is 6.11. The van der Waals surface area contributed by atoms with Gasteiger partial charge < -0.3 is 0 Å². The zero-order valence-electron chi connectivity index (χ0n) is 17.1. The molecule has 6 aromatic carbocycles. The molecular weight excluding hydrogens is 372 g/mol. The molecule has 0 atom stereocenters. The number of fused-ring (bicyclic) bond motifs is 3. The van der Waals surface area contributed by atoms with E-state index in [4.69, 9.17) is 0 Å². The summed E-state index contributed by atoms with van der Waals surface area (Å²) in [7, 11) is 0. The molecule has 0 spiro atoms. The van der Waals surface area contributed by atoms with Crippen LogP contribution in [0.1, 0.15) is 16.7 Å². The van der Waals surface area contributed by atoms with E-state index >= 15 is 0 Å². The quantitative estimate of drug-likeness (QED) is 0.266. The first kappa shape index (κ1) is 17.9. The maximum Gasteiger partial charge on any atom is 0.0629 e. The molecule has 0 unspecified atom stereocenters. The lowest BCUT2D eigenvalue weighted by atomic mass is 9.83. The highest BCUT2D eigenvalue weighted by Crippen LogP contribution is 2.35. The van der Waals surface area contributed by atoms with Gasteiger partial charge in [-0.2, -0.15) is 0 Å². The van der Waals surface area contributed by atoms with Gasteiger partial charge in [-0.05, 0) is 67.2 Å². The molecule has 0 aliphatic carbocycles. The summed E-state index contributed by atoms with van der Waals surface area (Å²) in [6.45, 7) is 0. The summed E-state index contributed by atoms with van der Waals surface area (Å²) in [5.74, 6) is 1.27. The molecular formula is C31H21. The third-order valence-corrected chi connectivity index (χ3v) is 6.11. The number of benzene rings is 6. The van der Waals surface area contributed by atoms with Crippen LogP contribution in [0.15, 0.2) is 127 Å². The Morgan fingerprint density at radius 3 is 0.903 bits per heavy atom. The van der Waals surface area contributed by atoms with Gasteiger partial charge in [0.25, 0.3) is 0 Å². The minimum atomic E-state index is 1.24. The zero-order valence-corrected chi connectivity index (χ0v) is 17.1. The molecule has 0 heterocycles. The van der Waals surface area contributed by atoms with E-state index < -0.39 is 0 Å². The molecule has 0 fully saturated rings. The molecule has 0 amide bonds. The molecule has 0 aliphatic heterocycles. The van der Waals surface area contributed by atoms with Crippen molar-refractivity contribution in [1.82, 2.24) is 0 Å². The molecule has 0 N–H and O–H groups in total. The van der Waals surface area contributed by atoms with Crippen molar-refractivity contribution in [2.45, 2.75) is 0 Å². The molecule has 0 nitrogen and oxygen atoms in total. The molecule has 1 radical (unpaired) electrons. The van der Waals surface area contributed by atoms with Crippen LogP contribution in [0.5, 0.6) is 0 Å². The average molecular weight is 394 g/mol. The van der Waals surface area contributed by atoms with Crippen LogP contribution in [0.3, 0.4) is 0 Å². The van der Waals surface area contributed by atoms with Crippen LogP contribution in [-0.4, -0.2) is 0 Å². The predicted octanol–water partition coefficient (Wildman–Crippen LogP) is 8.17. The lowest BCUT2D eigenvalue weighted by Gasteiger charge is -2.20. The van der Waals surface area contributed by atoms with Gasteiger partial charge in [0.15, 0.2) is 0 Å². The first-order valence-corrected chi connectivity index (χ1v) is 10.7. The van der Waals surface area contributed by atoms with Gasteiger partial charge in [0.1, 0.15) is 0 Å². The van der Waals surface area contributed by atoms with Gasteiger partial charge in [0, 0.05) is 0 Å². The first-order chi connectivity index (χ1) is 15.3. The normalized spacial score (nSPS) is 11.5. The summed E-state index contributed by atoms with van der Waals surface area (Å²) in [5.41, 5.74) is 3.72. The maximum absolute atomic E-state index is 2.31. The summed E-state index contributed by atoms with van der Waals surface area (Å²) in [6.07, 6.45) is 0. The van der Waals surface area contributed by atoms with E-state index in [-0.39, 0.29) is 0 Å². The van der Waals surface area contributed by atoms with Crippen molar-refractivity contribution in [3.63, 3.8) is 0 Å². The second kappa shape index (κ2) is 7.41. The Bertz CT molecular complexity index is 1350.